The molecule has 2 heterocycles. The number of aromatic nitrogens is 2. The van der Waals surface area contributed by atoms with E-state index >= 15 is 0 Å². The molecule has 2 aromatic heterocycles. The number of thiophene rings is 1. The molecule has 0 aliphatic carbocycles. The van der Waals surface area contributed by atoms with Gasteiger partial charge in [-0.15, -0.1) is 16.5 Å². The van der Waals surface area contributed by atoms with Crippen molar-refractivity contribution in [3.63, 3.8) is 0 Å². The van der Waals surface area contributed by atoms with Crippen LogP contribution in [0.25, 0.3) is 10.2 Å². The zero-order chi connectivity index (χ0) is 20.1. The first kappa shape index (κ1) is 18.9. The summed E-state index contributed by atoms with van der Waals surface area (Å²) in [4.78, 5) is 21.9. The second-order valence-electron chi connectivity index (χ2n) is 6.57. The van der Waals surface area contributed by atoms with Gasteiger partial charge in [-0.1, -0.05) is 42.5 Å². The number of amides is 1. The molecule has 144 valence electrons. The van der Waals surface area contributed by atoms with Crippen LogP contribution in [-0.4, -0.2) is 15.9 Å². The van der Waals surface area contributed by atoms with Crippen LogP contribution in [0, 0.1) is 0 Å². The average molecular weight is 401 g/mol. The Morgan fingerprint density at radius 2 is 1.83 bits per heavy atom. The number of carbonyl (C=O) groups is 1. The minimum absolute atomic E-state index is 0.0902. The third-order valence-electron chi connectivity index (χ3n) is 4.27. The van der Waals surface area contributed by atoms with E-state index in [1.165, 1.54) is 23.7 Å². The molecule has 0 saturated heterocycles. The summed E-state index contributed by atoms with van der Waals surface area (Å²) < 4.78 is 0. The first-order valence-corrected chi connectivity index (χ1v) is 10.0. The summed E-state index contributed by atoms with van der Waals surface area (Å²) in [5.74, 6) is 0.494. The Bertz CT molecular complexity index is 1150. The molecule has 29 heavy (non-hydrogen) atoms. The number of anilines is 1. The highest BCUT2D eigenvalue weighted by atomic mass is 32.1. The van der Waals surface area contributed by atoms with Crippen molar-refractivity contribution in [2.24, 2.45) is 10.2 Å². The minimum Gasteiger partial charge on any atom is -0.326 e. The van der Waals surface area contributed by atoms with Gasteiger partial charge < -0.3 is 5.32 Å². The zero-order valence-corrected chi connectivity index (χ0v) is 16.7. The number of azo groups is 1. The standard InChI is InChI=1S/C22H19N5OS/c1-15(28)26-18-9-7-17(8-10-18)13-25-27-21-20-12-19(29-22(20)24-14-23-21)11-16-5-3-2-4-6-16/h2-10,12,14H,11,13H2,1H3,(H,26,28). The Hall–Kier alpha value is -3.45. The lowest BCUT2D eigenvalue weighted by molar-refractivity contribution is -0.114. The Morgan fingerprint density at radius 1 is 1.03 bits per heavy atom. The number of carbonyl (C=O) groups excluding carboxylic acids is 1. The number of hydrogen-bond donors (Lipinski definition) is 1. The molecule has 0 aliphatic rings. The highest BCUT2D eigenvalue weighted by molar-refractivity contribution is 7.18. The summed E-state index contributed by atoms with van der Waals surface area (Å²) in [7, 11) is 0. The van der Waals surface area contributed by atoms with Gasteiger partial charge in [-0.05, 0) is 29.3 Å². The molecule has 2 aromatic carbocycles. The highest BCUT2D eigenvalue weighted by Gasteiger charge is 2.09. The van der Waals surface area contributed by atoms with E-state index in [0.29, 0.717) is 12.4 Å². The first-order chi connectivity index (χ1) is 14.2. The quantitative estimate of drug-likeness (QED) is 0.432. The lowest BCUT2D eigenvalue weighted by atomic mass is 10.1. The molecule has 7 heteroatoms. The van der Waals surface area contributed by atoms with Gasteiger partial charge in [0, 0.05) is 23.9 Å². The number of benzene rings is 2. The summed E-state index contributed by atoms with van der Waals surface area (Å²) in [5, 5.41) is 12.3. The average Bonchev–Trinajstić information content (AvgIpc) is 3.13. The summed E-state index contributed by atoms with van der Waals surface area (Å²) in [6, 6.07) is 20.0. The van der Waals surface area contributed by atoms with Gasteiger partial charge in [-0.3, -0.25) is 4.79 Å². The molecule has 0 aliphatic heterocycles. The lowest BCUT2D eigenvalue weighted by Crippen LogP contribution is -2.05. The number of fused-ring (bicyclic) bond motifs is 1. The van der Waals surface area contributed by atoms with Gasteiger partial charge in [0.05, 0.1) is 11.9 Å². The summed E-state index contributed by atoms with van der Waals surface area (Å²) >= 11 is 1.66. The second kappa shape index (κ2) is 8.70. The molecule has 0 saturated carbocycles. The number of hydrogen-bond acceptors (Lipinski definition) is 6. The van der Waals surface area contributed by atoms with Crippen LogP contribution in [0.1, 0.15) is 22.9 Å². The molecule has 4 aromatic rings. The summed E-state index contributed by atoms with van der Waals surface area (Å²) in [6.07, 6.45) is 2.39. The third kappa shape index (κ3) is 4.89. The molecule has 0 unspecified atom stereocenters. The van der Waals surface area contributed by atoms with Crippen molar-refractivity contribution >= 4 is 39.0 Å². The van der Waals surface area contributed by atoms with E-state index in [0.717, 1.165) is 27.9 Å². The van der Waals surface area contributed by atoms with E-state index in [4.69, 9.17) is 0 Å². The van der Waals surface area contributed by atoms with Crippen molar-refractivity contribution in [1.82, 2.24) is 9.97 Å². The summed E-state index contributed by atoms with van der Waals surface area (Å²) in [5.41, 5.74) is 3.03. The number of nitrogens with one attached hydrogen (secondary N) is 1. The van der Waals surface area contributed by atoms with Gasteiger partial charge in [-0.2, -0.15) is 5.11 Å². The predicted molar refractivity (Wildman–Crippen MR) is 116 cm³/mol. The zero-order valence-electron chi connectivity index (χ0n) is 15.9. The monoisotopic (exact) mass is 401 g/mol. The van der Waals surface area contributed by atoms with Gasteiger partial charge in [0.2, 0.25) is 5.91 Å². The van der Waals surface area contributed by atoms with Crippen LogP contribution in [0.2, 0.25) is 0 Å². The van der Waals surface area contributed by atoms with Crippen LogP contribution in [0.15, 0.2) is 77.2 Å². The van der Waals surface area contributed by atoms with Crippen LogP contribution in [0.5, 0.6) is 0 Å². The van der Waals surface area contributed by atoms with Crippen molar-refractivity contribution in [2.75, 3.05) is 5.32 Å². The Morgan fingerprint density at radius 3 is 2.59 bits per heavy atom. The molecule has 1 N–H and O–H groups in total. The normalized spacial score (nSPS) is 11.2. The minimum atomic E-state index is -0.0902. The van der Waals surface area contributed by atoms with Crippen molar-refractivity contribution in [3.05, 3.63) is 83.0 Å². The number of nitrogens with zero attached hydrogens (tertiary/aromatic N) is 4. The Labute approximate surface area is 172 Å². The fourth-order valence-corrected chi connectivity index (χ4v) is 3.96. The van der Waals surface area contributed by atoms with Crippen molar-refractivity contribution in [2.45, 2.75) is 19.9 Å². The Kier molecular flexibility index (Phi) is 5.67. The SMILES string of the molecule is CC(=O)Nc1ccc(CN=Nc2ncnc3sc(Cc4ccccc4)cc23)cc1. The van der Waals surface area contributed by atoms with Crippen LogP contribution < -0.4 is 5.32 Å². The van der Waals surface area contributed by atoms with E-state index in [-0.39, 0.29) is 5.91 Å². The maximum atomic E-state index is 11.1. The van der Waals surface area contributed by atoms with E-state index in [1.54, 1.807) is 11.3 Å². The molecule has 0 fully saturated rings. The largest absolute Gasteiger partial charge is 0.326 e. The van der Waals surface area contributed by atoms with E-state index < -0.39 is 0 Å². The predicted octanol–water partition coefficient (Wildman–Crippen LogP) is 5.52. The molecule has 4 rings (SSSR count). The van der Waals surface area contributed by atoms with Gasteiger partial charge >= 0.3 is 0 Å². The Balaban J connectivity index is 1.48. The molecular formula is C22H19N5OS. The summed E-state index contributed by atoms with van der Waals surface area (Å²) in [6.45, 7) is 1.92. The van der Waals surface area contributed by atoms with Gasteiger partial charge in [0.1, 0.15) is 11.2 Å². The third-order valence-corrected chi connectivity index (χ3v) is 5.32. The molecule has 6 nitrogen and oxygen atoms in total. The van der Waals surface area contributed by atoms with Gasteiger partial charge in [-0.25, -0.2) is 9.97 Å². The van der Waals surface area contributed by atoms with E-state index in [2.05, 4.69) is 43.7 Å². The van der Waals surface area contributed by atoms with Crippen LogP contribution in [-0.2, 0) is 17.8 Å². The topological polar surface area (TPSA) is 79.6 Å². The van der Waals surface area contributed by atoms with Gasteiger partial charge in [0.15, 0.2) is 5.82 Å². The molecule has 1 amide bonds. The molecule has 0 atom stereocenters. The van der Waals surface area contributed by atoms with Gasteiger partial charge in [0.25, 0.3) is 0 Å². The maximum absolute atomic E-state index is 11.1. The fraction of sp³-hybridized carbons (Fsp3) is 0.136. The van der Waals surface area contributed by atoms with Crippen molar-refractivity contribution in [3.8, 4) is 0 Å². The molecule has 0 bridgehead atoms. The van der Waals surface area contributed by atoms with Crippen LogP contribution >= 0.6 is 11.3 Å². The van der Waals surface area contributed by atoms with Crippen molar-refractivity contribution in [1.29, 1.82) is 0 Å². The van der Waals surface area contributed by atoms with Crippen molar-refractivity contribution < 1.29 is 4.79 Å². The second-order valence-corrected chi connectivity index (χ2v) is 7.68. The fourth-order valence-electron chi connectivity index (χ4n) is 2.94. The van der Waals surface area contributed by atoms with E-state index in [9.17, 15) is 4.79 Å². The van der Waals surface area contributed by atoms with Crippen LogP contribution in [0.3, 0.4) is 0 Å². The molecule has 0 spiro atoms. The first-order valence-electron chi connectivity index (χ1n) is 9.19. The van der Waals surface area contributed by atoms with E-state index in [1.807, 2.05) is 42.5 Å². The molecular weight excluding hydrogens is 382 g/mol. The lowest BCUT2D eigenvalue weighted by Gasteiger charge is -2.02. The maximum Gasteiger partial charge on any atom is 0.221 e. The highest BCUT2D eigenvalue weighted by Crippen LogP contribution is 2.31. The smallest absolute Gasteiger partial charge is 0.221 e. The van der Waals surface area contributed by atoms with Crippen LogP contribution in [0.4, 0.5) is 11.5 Å². The molecule has 0 radical (unpaired) electrons. The number of rotatable bonds is 6.